The first-order valence-electron chi connectivity index (χ1n) is 10.4. The number of pyridine rings is 1. The van der Waals surface area contributed by atoms with Crippen molar-refractivity contribution in [3.05, 3.63) is 66.0 Å². The Morgan fingerprint density at radius 2 is 1.59 bits per heavy atom. The molecule has 2 aliphatic rings. The summed E-state index contributed by atoms with van der Waals surface area (Å²) in [7, 11) is 4.57. The van der Waals surface area contributed by atoms with E-state index in [9.17, 15) is 0 Å². The monoisotopic (exact) mass is 363 g/mol. The molecule has 2 fully saturated rings. The lowest BCUT2D eigenvalue weighted by Gasteiger charge is -2.49. The maximum atomic E-state index is 4.15. The number of hydrogen-bond donors (Lipinski definition) is 0. The zero-order chi connectivity index (χ0) is 18.7. The molecule has 3 nitrogen and oxygen atoms in total. The van der Waals surface area contributed by atoms with Gasteiger partial charge in [-0.25, -0.2) is 0 Å². The molecule has 1 aromatic heterocycles. The van der Waals surface area contributed by atoms with Crippen molar-refractivity contribution in [3.63, 3.8) is 0 Å². The molecule has 0 bridgehead atoms. The molecule has 0 amide bonds. The van der Waals surface area contributed by atoms with Gasteiger partial charge in [0, 0.05) is 31.0 Å². The van der Waals surface area contributed by atoms with Crippen LogP contribution in [0.15, 0.2) is 54.9 Å². The number of likely N-dealkylation sites (N-methyl/N-ethyl adjacent to an activating group) is 1. The lowest BCUT2D eigenvalue weighted by atomic mass is 9.65. The Hall–Kier alpha value is -1.71. The third-order valence-electron chi connectivity index (χ3n) is 7.24. The number of aromatic nitrogens is 1. The van der Waals surface area contributed by atoms with Crippen LogP contribution in [0.4, 0.5) is 0 Å². The van der Waals surface area contributed by atoms with Gasteiger partial charge in [0.05, 0.1) is 0 Å². The fourth-order valence-corrected chi connectivity index (χ4v) is 5.32. The predicted molar refractivity (Wildman–Crippen MR) is 112 cm³/mol. The van der Waals surface area contributed by atoms with E-state index in [0.717, 1.165) is 6.54 Å². The van der Waals surface area contributed by atoms with Gasteiger partial charge >= 0.3 is 0 Å². The molecule has 1 saturated carbocycles. The third kappa shape index (κ3) is 4.09. The molecule has 144 valence electrons. The Bertz CT molecular complexity index is 718. The predicted octanol–water partition coefficient (Wildman–Crippen LogP) is 4.39. The summed E-state index contributed by atoms with van der Waals surface area (Å²) in [5.41, 5.74) is 3.74. The Kier molecular flexibility index (Phi) is 5.34. The molecule has 1 saturated heterocycles. The van der Waals surface area contributed by atoms with E-state index in [-0.39, 0.29) is 0 Å². The molecule has 1 aromatic carbocycles. The summed E-state index contributed by atoms with van der Waals surface area (Å²) in [5.74, 6) is 0. The highest BCUT2D eigenvalue weighted by molar-refractivity contribution is 5.19. The van der Waals surface area contributed by atoms with Crippen LogP contribution in [0.5, 0.6) is 0 Å². The molecule has 3 heteroatoms. The largest absolute Gasteiger partial charge is 0.303 e. The van der Waals surface area contributed by atoms with Crippen molar-refractivity contribution in [2.45, 2.75) is 50.6 Å². The number of rotatable bonds is 5. The molecule has 4 rings (SSSR count). The Labute approximate surface area is 164 Å². The maximum Gasteiger partial charge on any atom is 0.0271 e. The standard InChI is InChI=1S/C24H33N3/c1-26(2)24(18-21-6-4-3-5-7-21)12-10-23(11-13-24)14-17-27(20-23)19-22-8-15-25-16-9-22/h3-9,15-16H,10-14,17-20H2,1-2H3. The molecule has 27 heavy (non-hydrogen) atoms. The molecule has 1 aliphatic heterocycles. The van der Waals surface area contributed by atoms with Crippen LogP contribution in [0.3, 0.4) is 0 Å². The van der Waals surface area contributed by atoms with Crippen molar-refractivity contribution in [2.24, 2.45) is 5.41 Å². The molecule has 2 heterocycles. The van der Waals surface area contributed by atoms with Crippen LogP contribution in [0.2, 0.25) is 0 Å². The summed E-state index contributed by atoms with van der Waals surface area (Å²) >= 11 is 0. The van der Waals surface area contributed by atoms with E-state index in [1.54, 1.807) is 0 Å². The Morgan fingerprint density at radius 3 is 2.26 bits per heavy atom. The van der Waals surface area contributed by atoms with Crippen molar-refractivity contribution in [1.29, 1.82) is 0 Å². The van der Waals surface area contributed by atoms with Crippen molar-refractivity contribution in [1.82, 2.24) is 14.8 Å². The van der Waals surface area contributed by atoms with Gasteiger partial charge in [0.25, 0.3) is 0 Å². The molecule has 2 aromatic rings. The smallest absolute Gasteiger partial charge is 0.0271 e. The van der Waals surface area contributed by atoms with Gasteiger partial charge in [0.1, 0.15) is 0 Å². The Balaban J connectivity index is 1.40. The van der Waals surface area contributed by atoms with Gasteiger partial charge in [-0.15, -0.1) is 0 Å². The van der Waals surface area contributed by atoms with Gasteiger partial charge in [-0.3, -0.25) is 9.88 Å². The van der Waals surface area contributed by atoms with E-state index in [1.165, 1.54) is 62.7 Å². The molecule has 1 aliphatic carbocycles. The quantitative estimate of drug-likeness (QED) is 0.785. The Morgan fingerprint density at radius 1 is 0.889 bits per heavy atom. The lowest BCUT2D eigenvalue weighted by Crippen LogP contribution is -2.51. The molecular formula is C24H33N3. The fraction of sp³-hybridized carbons (Fsp3) is 0.542. The van der Waals surface area contributed by atoms with Crippen molar-refractivity contribution in [2.75, 3.05) is 27.2 Å². The van der Waals surface area contributed by atoms with Gasteiger partial charge < -0.3 is 4.90 Å². The van der Waals surface area contributed by atoms with Gasteiger partial charge in [-0.05, 0) is 87.8 Å². The average molecular weight is 364 g/mol. The molecule has 0 atom stereocenters. The van der Waals surface area contributed by atoms with Gasteiger partial charge in [0.15, 0.2) is 0 Å². The van der Waals surface area contributed by atoms with Crippen molar-refractivity contribution < 1.29 is 0 Å². The molecule has 0 N–H and O–H groups in total. The number of likely N-dealkylation sites (tertiary alicyclic amines) is 1. The highest BCUT2D eigenvalue weighted by Gasteiger charge is 2.46. The van der Waals surface area contributed by atoms with Gasteiger partial charge in [-0.2, -0.15) is 0 Å². The number of hydrogen-bond acceptors (Lipinski definition) is 3. The highest BCUT2D eigenvalue weighted by Crippen LogP contribution is 2.49. The minimum atomic E-state index is 0.325. The van der Waals surface area contributed by atoms with E-state index in [1.807, 2.05) is 12.4 Å². The molecule has 1 spiro atoms. The van der Waals surface area contributed by atoms with Gasteiger partial charge in [0.2, 0.25) is 0 Å². The molecular weight excluding hydrogens is 330 g/mol. The van der Waals surface area contributed by atoms with Crippen LogP contribution in [-0.4, -0.2) is 47.5 Å². The van der Waals surface area contributed by atoms with Crippen molar-refractivity contribution >= 4 is 0 Å². The third-order valence-corrected chi connectivity index (χ3v) is 7.24. The van der Waals surface area contributed by atoms with Crippen LogP contribution in [0.25, 0.3) is 0 Å². The maximum absolute atomic E-state index is 4.15. The second-order valence-corrected chi connectivity index (χ2v) is 9.10. The summed E-state index contributed by atoms with van der Waals surface area (Å²) in [6.07, 6.45) is 11.7. The van der Waals surface area contributed by atoms with E-state index in [0.29, 0.717) is 11.0 Å². The van der Waals surface area contributed by atoms with E-state index < -0.39 is 0 Å². The summed E-state index contributed by atoms with van der Waals surface area (Å²) in [4.78, 5) is 9.32. The topological polar surface area (TPSA) is 19.4 Å². The summed E-state index contributed by atoms with van der Waals surface area (Å²) in [5, 5.41) is 0. The summed E-state index contributed by atoms with van der Waals surface area (Å²) in [6.45, 7) is 3.59. The normalized spacial score (nSPS) is 28.9. The van der Waals surface area contributed by atoms with E-state index in [4.69, 9.17) is 0 Å². The highest BCUT2D eigenvalue weighted by atomic mass is 15.2. The SMILES string of the molecule is CN(C)C1(Cc2ccccc2)CCC2(CCN(Cc3ccncc3)C2)CC1. The minimum absolute atomic E-state index is 0.325. The molecule has 0 unspecified atom stereocenters. The molecule has 0 radical (unpaired) electrons. The van der Waals surface area contributed by atoms with Crippen LogP contribution in [0, 0.1) is 5.41 Å². The fourth-order valence-electron chi connectivity index (χ4n) is 5.32. The van der Waals surface area contributed by atoms with Crippen LogP contribution in [-0.2, 0) is 13.0 Å². The number of nitrogens with zero attached hydrogens (tertiary/aromatic N) is 3. The first kappa shape index (κ1) is 18.6. The lowest BCUT2D eigenvalue weighted by molar-refractivity contribution is 0.0405. The van der Waals surface area contributed by atoms with Crippen LogP contribution < -0.4 is 0 Å². The average Bonchev–Trinajstić information content (AvgIpc) is 3.08. The number of benzene rings is 1. The van der Waals surface area contributed by atoms with E-state index >= 15 is 0 Å². The summed E-state index contributed by atoms with van der Waals surface area (Å²) < 4.78 is 0. The zero-order valence-corrected chi connectivity index (χ0v) is 16.9. The van der Waals surface area contributed by atoms with E-state index in [2.05, 4.69) is 71.3 Å². The minimum Gasteiger partial charge on any atom is -0.303 e. The van der Waals surface area contributed by atoms with Crippen molar-refractivity contribution in [3.8, 4) is 0 Å². The van der Waals surface area contributed by atoms with Crippen LogP contribution in [0.1, 0.15) is 43.2 Å². The summed E-state index contributed by atoms with van der Waals surface area (Å²) in [6, 6.07) is 15.4. The van der Waals surface area contributed by atoms with Gasteiger partial charge in [-0.1, -0.05) is 30.3 Å². The zero-order valence-electron chi connectivity index (χ0n) is 16.9. The second kappa shape index (κ2) is 7.73. The second-order valence-electron chi connectivity index (χ2n) is 9.10. The first-order chi connectivity index (χ1) is 13.1. The van der Waals surface area contributed by atoms with Crippen LogP contribution >= 0.6 is 0 Å². The first-order valence-corrected chi connectivity index (χ1v) is 10.4.